The van der Waals surface area contributed by atoms with Crippen LogP contribution in [-0.2, 0) is 28.6 Å². The van der Waals surface area contributed by atoms with Crippen LogP contribution in [0.3, 0.4) is 0 Å². The molecule has 2 aromatic carbocycles. The number of nitrogens with one attached hydrogen (secondary N) is 2. The van der Waals surface area contributed by atoms with E-state index in [1.807, 2.05) is 0 Å². The predicted molar refractivity (Wildman–Crippen MR) is 134 cm³/mol. The highest BCUT2D eigenvalue weighted by molar-refractivity contribution is 7.91. The van der Waals surface area contributed by atoms with E-state index in [0.29, 0.717) is 16.6 Å². The van der Waals surface area contributed by atoms with Gasteiger partial charge in [0.25, 0.3) is 5.56 Å². The van der Waals surface area contributed by atoms with Crippen LogP contribution in [0.1, 0.15) is 36.1 Å². The molecule has 0 saturated carbocycles. The molecule has 0 aliphatic carbocycles. The number of nitrogen functional groups attached to an aromatic ring is 1. The highest BCUT2D eigenvalue weighted by Crippen LogP contribution is 2.39. The van der Waals surface area contributed by atoms with Crippen LogP contribution in [0.15, 0.2) is 35.1 Å². The maximum Gasteiger partial charge on any atom is 0.416 e. The first-order valence-corrected chi connectivity index (χ1v) is 12.9. The van der Waals surface area contributed by atoms with Crippen molar-refractivity contribution < 1.29 is 21.6 Å². The van der Waals surface area contributed by atoms with Gasteiger partial charge >= 0.3 is 6.18 Å². The van der Waals surface area contributed by atoms with E-state index in [2.05, 4.69) is 15.7 Å². The zero-order chi connectivity index (χ0) is 26.6. The number of nitrogens with zero attached hydrogens (tertiary/aromatic N) is 2. The Morgan fingerprint density at radius 1 is 1.17 bits per heavy atom. The monoisotopic (exact) mass is 524 g/mol. The summed E-state index contributed by atoms with van der Waals surface area (Å²) in [5.41, 5.74) is 11.1. The zero-order valence-electron chi connectivity index (χ0n) is 19.9. The fourth-order valence-electron chi connectivity index (χ4n) is 4.59. The second-order valence-electron chi connectivity index (χ2n) is 9.22. The second kappa shape index (κ2) is 8.66. The van der Waals surface area contributed by atoms with Crippen molar-refractivity contribution in [2.45, 2.75) is 31.1 Å². The molecule has 1 saturated heterocycles. The van der Waals surface area contributed by atoms with Crippen molar-refractivity contribution in [3.63, 3.8) is 0 Å². The Kier molecular flexibility index (Phi) is 6.20. The molecule has 13 heteroatoms. The second-order valence-corrected chi connectivity index (χ2v) is 11.4. The Morgan fingerprint density at radius 2 is 1.86 bits per heavy atom. The topological polar surface area (TPSA) is 145 Å². The van der Waals surface area contributed by atoms with E-state index >= 15 is 0 Å². The van der Waals surface area contributed by atoms with Gasteiger partial charge in [0.05, 0.1) is 34.0 Å². The number of nitrogens with two attached hydrogens (primary N) is 2. The van der Waals surface area contributed by atoms with Crippen LogP contribution in [0.5, 0.6) is 0 Å². The van der Waals surface area contributed by atoms with Gasteiger partial charge in [-0.05, 0) is 54.8 Å². The summed E-state index contributed by atoms with van der Waals surface area (Å²) in [5.74, 6) is -0.0799. The molecule has 1 aromatic heterocycles. The molecule has 9 nitrogen and oxygen atoms in total. The lowest BCUT2D eigenvalue weighted by Crippen LogP contribution is -2.38. The number of hydrogen-bond acceptors (Lipinski definition) is 8. The molecule has 2 atom stereocenters. The molecular weight excluding hydrogens is 497 g/mol. The van der Waals surface area contributed by atoms with Crippen LogP contribution in [0.2, 0.25) is 0 Å². The van der Waals surface area contributed by atoms with Crippen molar-refractivity contribution in [2.24, 2.45) is 12.8 Å². The maximum absolute atomic E-state index is 13.3. The number of fused-ring (bicyclic) bond motifs is 1. The molecule has 0 bridgehead atoms. The van der Waals surface area contributed by atoms with E-state index in [4.69, 9.17) is 11.5 Å². The molecule has 194 valence electrons. The summed E-state index contributed by atoms with van der Waals surface area (Å²) in [6.07, 6.45) is -4.36. The van der Waals surface area contributed by atoms with Gasteiger partial charge in [-0.3, -0.25) is 4.79 Å². The Morgan fingerprint density at radius 3 is 2.44 bits per heavy atom. The zero-order valence-corrected chi connectivity index (χ0v) is 20.7. The number of aromatic nitrogens is 2. The molecule has 1 aliphatic heterocycles. The quantitative estimate of drug-likeness (QED) is 0.373. The third-order valence-electron chi connectivity index (χ3n) is 6.49. The number of aryl methyl sites for hydroxylation is 1. The van der Waals surface area contributed by atoms with E-state index in [1.54, 1.807) is 26.1 Å². The van der Waals surface area contributed by atoms with Crippen molar-refractivity contribution >= 4 is 37.8 Å². The Hall–Kier alpha value is -3.32. The third-order valence-corrected chi connectivity index (χ3v) is 8.27. The van der Waals surface area contributed by atoms with E-state index in [-0.39, 0.29) is 40.4 Å². The van der Waals surface area contributed by atoms with Crippen LogP contribution >= 0.6 is 0 Å². The minimum Gasteiger partial charge on any atom is -0.399 e. The highest BCUT2D eigenvalue weighted by Gasteiger charge is 2.42. The minimum atomic E-state index is -4.57. The van der Waals surface area contributed by atoms with Crippen LogP contribution in [0, 0.1) is 0 Å². The van der Waals surface area contributed by atoms with Gasteiger partial charge in [0.1, 0.15) is 0 Å². The first-order valence-electron chi connectivity index (χ1n) is 11.1. The van der Waals surface area contributed by atoms with E-state index in [0.717, 1.165) is 16.8 Å². The largest absolute Gasteiger partial charge is 0.416 e. The van der Waals surface area contributed by atoms with E-state index in [9.17, 15) is 26.4 Å². The third kappa shape index (κ3) is 4.72. The first kappa shape index (κ1) is 25.8. The average molecular weight is 525 g/mol. The first-order chi connectivity index (χ1) is 16.6. The number of benzene rings is 2. The van der Waals surface area contributed by atoms with Crippen molar-refractivity contribution in [3.05, 3.63) is 57.4 Å². The van der Waals surface area contributed by atoms with Gasteiger partial charge in [-0.15, -0.1) is 0 Å². The Labute approximate surface area is 205 Å². The summed E-state index contributed by atoms with van der Waals surface area (Å²) < 4.78 is 65.5. The molecular formula is C23H27F3N6O3S. The molecule has 6 N–H and O–H groups in total. The summed E-state index contributed by atoms with van der Waals surface area (Å²) >= 11 is 0. The molecule has 4 rings (SSSR count). The molecule has 2 heterocycles. The summed E-state index contributed by atoms with van der Waals surface area (Å²) in [6.45, 7) is 1.64. The van der Waals surface area contributed by atoms with Crippen LogP contribution in [0.25, 0.3) is 10.8 Å². The van der Waals surface area contributed by atoms with Gasteiger partial charge in [0.2, 0.25) is 0 Å². The van der Waals surface area contributed by atoms with Gasteiger partial charge in [-0.25, -0.2) is 13.1 Å². The fourth-order valence-corrected chi connectivity index (χ4v) is 6.49. The van der Waals surface area contributed by atoms with Gasteiger partial charge in [-0.1, -0.05) is 0 Å². The lowest BCUT2D eigenvalue weighted by molar-refractivity contribution is -0.137. The van der Waals surface area contributed by atoms with Gasteiger partial charge in [0, 0.05) is 30.9 Å². The molecule has 0 spiro atoms. The lowest BCUT2D eigenvalue weighted by atomic mass is 9.87. The molecule has 1 aliphatic rings. The van der Waals surface area contributed by atoms with Crippen LogP contribution in [-0.4, -0.2) is 36.8 Å². The predicted octanol–water partition coefficient (Wildman–Crippen LogP) is 2.72. The standard InChI is InChI=1S/C23H27F3N6O3S/c1-12(13-6-14(23(24,25)26)8-15(27)7-13)30-20-16-9-18(22(28)4-5-36(34,35)11-22)19(29-2)10-17(16)21(33)32(3)31-20/h6-10,12,29H,4-5,11,27-28H2,1-3H3,(H,30,31)/t12-,22?/m1/s1. The molecule has 1 fully saturated rings. The van der Waals surface area contributed by atoms with Crippen molar-refractivity contribution in [1.82, 2.24) is 9.78 Å². The number of alkyl halides is 3. The van der Waals surface area contributed by atoms with Crippen LogP contribution < -0.4 is 27.7 Å². The van der Waals surface area contributed by atoms with E-state index in [1.165, 1.54) is 13.1 Å². The number of rotatable bonds is 5. The number of halogens is 3. The Balaban J connectivity index is 1.86. The normalized spacial score (nSPS) is 20.4. The minimum absolute atomic E-state index is 0.0415. The molecule has 36 heavy (non-hydrogen) atoms. The summed E-state index contributed by atoms with van der Waals surface area (Å²) in [4.78, 5) is 12.9. The molecule has 0 amide bonds. The van der Waals surface area contributed by atoms with Crippen molar-refractivity contribution in [3.8, 4) is 0 Å². The number of hydrogen-bond donors (Lipinski definition) is 4. The SMILES string of the molecule is CNc1cc2c(=O)n(C)nc(N[C@H](C)c3cc(N)cc(C(F)(F)F)c3)c2cc1C1(N)CCS(=O)(=O)C1. The van der Waals surface area contributed by atoms with Gasteiger partial charge in [0.15, 0.2) is 15.7 Å². The maximum atomic E-state index is 13.3. The smallest absolute Gasteiger partial charge is 0.399 e. The molecule has 1 unspecified atom stereocenters. The van der Waals surface area contributed by atoms with Gasteiger partial charge in [-0.2, -0.15) is 18.3 Å². The lowest BCUT2D eigenvalue weighted by Gasteiger charge is -2.27. The molecule has 0 radical (unpaired) electrons. The Bertz CT molecular complexity index is 1520. The number of sulfone groups is 1. The van der Waals surface area contributed by atoms with E-state index < -0.39 is 38.7 Å². The van der Waals surface area contributed by atoms with Gasteiger partial charge < -0.3 is 22.1 Å². The molecule has 3 aromatic rings. The van der Waals surface area contributed by atoms with Crippen LogP contribution in [0.4, 0.5) is 30.4 Å². The van der Waals surface area contributed by atoms with Crippen molar-refractivity contribution in [1.29, 1.82) is 0 Å². The summed E-state index contributed by atoms with van der Waals surface area (Å²) in [6, 6.07) is 5.84. The fraction of sp³-hybridized carbons (Fsp3) is 0.391. The highest BCUT2D eigenvalue weighted by atomic mass is 32.2. The summed E-state index contributed by atoms with van der Waals surface area (Å²) in [7, 11) is -0.234. The summed E-state index contributed by atoms with van der Waals surface area (Å²) in [5, 5.41) is 11.0. The van der Waals surface area contributed by atoms with Crippen molar-refractivity contribution in [2.75, 3.05) is 34.9 Å². The number of anilines is 3. The average Bonchev–Trinajstić information content (AvgIpc) is 3.08.